The number of allylic oxidation sites excluding steroid dienone is 1. The molecule has 0 atom stereocenters. The number of ether oxygens (including phenoxy) is 3. The Morgan fingerprint density at radius 2 is 1.71 bits per heavy atom. The molecule has 0 radical (unpaired) electrons. The largest absolute Gasteiger partial charge is 0.497 e. The lowest BCUT2D eigenvalue weighted by Crippen LogP contribution is -2.11. The molecule has 0 unspecified atom stereocenters. The summed E-state index contributed by atoms with van der Waals surface area (Å²) in [4.78, 5) is 26.2. The first kappa shape index (κ1) is 19.4. The topological polar surface area (TPSA) is 61.8 Å². The molecule has 0 spiro atoms. The number of thiophene rings is 1. The van der Waals surface area contributed by atoms with Crippen LogP contribution in [0.15, 0.2) is 66.1 Å². The molecule has 5 nitrogen and oxygen atoms in total. The third-order valence-electron chi connectivity index (χ3n) is 3.90. The first-order valence-corrected chi connectivity index (χ1v) is 9.29. The molecule has 0 fully saturated rings. The molecule has 1 aromatic heterocycles. The Morgan fingerprint density at radius 1 is 0.929 bits per heavy atom. The van der Waals surface area contributed by atoms with Gasteiger partial charge in [0.05, 0.1) is 25.3 Å². The molecule has 28 heavy (non-hydrogen) atoms. The average Bonchev–Trinajstić information content (AvgIpc) is 3.25. The van der Waals surface area contributed by atoms with E-state index in [0.717, 1.165) is 4.88 Å². The van der Waals surface area contributed by atoms with E-state index in [0.29, 0.717) is 17.1 Å². The number of carbonyl (C=O) groups excluding carboxylic acids is 2. The predicted molar refractivity (Wildman–Crippen MR) is 109 cm³/mol. The van der Waals surface area contributed by atoms with Crippen LogP contribution in [0.2, 0.25) is 0 Å². The van der Waals surface area contributed by atoms with E-state index in [4.69, 9.17) is 14.2 Å². The van der Waals surface area contributed by atoms with Crippen molar-refractivity contribution in [2.24, 2.45) is 0 Å². The quantitative estimate of drug-likeness (QED) is 0.247. The summed E-state index contributed by atoms with van der Waals surface area (Å²) >= 11 is 1.53. The van der Waals surface area contributed by atoms with Gasteiger partial charge in [-0.2, -0.15) is 0 Å². The number of esters is 1. The van der Waals surface area contributed by atoms with Crippen molar-refractivity contribution in [3.63, 3.8) is 0 Å². The summed E-state index contributed by atoms with van der Waals surface area (Å²) in [6, 6.07) is 15.2. The van der Waals surface area contributed by atoms with Gasteiger partial charge in [-0.05, 0) is 53.9 Å². The zero-order valence-corrected chi connectivity index (χ0v) is 16.2. The second-order valence-electron chi connectivity index (χ2n) is 5.70. The molecular weight excluding hydrogens is 376 g/mol. The Bertz CT molecular complexity index is 1010. The fourth-order valence-electron chi connectivity index (χ4n) is 2.46. The van der Waals surface area contributed by atoms with Crippen molar-refractivity contribution < 1.29 is 23.8 Å². The van der Waals surface area contributed by atoms with E-state index in [-0.39, 0.29) is 17.1 Å². The minimum absolute atomic E-state index is 0.132. The summed E-state index contributed by atoms with van der Waals surface area (Å²) in [6.07, 6.45) is 3.18. The van der Waals surface area contributed by atoms with E-state index in [1.54, 1.807) is 42.5 Å². The number of ketones is 1. The van der Waals surface area contributed by atoms with Crippen LogP contribution in [0, 0.1) is 0 Å². The number of methoxy groups -OCH3 is 2. The van der Waals surface area contributed by atoms with E-state index in [1.165, 1.54) is 37.7 Å². The molecule has 0 aliphatic carbocycles. The van der Waals surface area contributed by atoms with E-state index < -0.39 is 5.97 Å². The van der Waals surface area contributed by atoms with E-state index in [1.807, 2.05) is 17.5 Å². The Morgan fingerprint density at radius 3 is 2.43 bits per heavy atom. The standard InChI is InChI=1S/C22H18O5S/c1-25-16-6-3-5-15(13-16)22(24)27-21-14-17(26-2)8-10-19(21)20(23)11-9-18-7-4-12-28-18/h3-14H,1-2H3. The van der Waals surface area contributed by atoms with Gasteiger partial charge in [0.25, 0.3) is 0 Å². The number of benzene rings is 2. The third-order valence-corrected chi connectivity index (χ3v) is 4.74. The van der Waals surface area contributed by atoms with Crippen LogP contribution >= 0.6 is 11.3 Å². The summed E-state index contributed by atoms with van der Waals surface area (Å²) in [6.45, 7) is 0. The van der Waals surface area contributed by atoms with Crippen LogP contribution < -0.4 is 14.2 Å². The highest BCUT2D eigenvalue weighted by atomic mass is 32.1. The Labute approximate surface area is 166 Å². The summed E-state index contributed by atoms with van der Waals surface area (Å²) in [5.74, 6) is 0.281. The highest BCUT2D eigenvalue weighted by Gasteiger charge is 2.17. The molecule has 3 rings (SSSR count). The molecule has 0 bridgehead atoms. The maximum absolute atomic E-state index is 12.6. The summed E-state index contributed by atoms with van der Waals surface area (Å²) in [5.41, 5.74) is 0.583. The van der Waals surface area contributed by atoms with E-state index >= 15 is 0 Å². The summed E-state index contributed by atoms with van der Waals surface area (Å²) in [7, 11) is 3.02. The van der Waals surface area contributed by atoms with Gasteiger partial charge in [0, 0.05) is 10.9 Å². The molecule has 0 N–H and O–H groups in total. The SMILES string of the molecule is COc1cccc(C(=O)Oc2cc(OC)ccc2C(=O)C=Cc2cccs2)c1. The van der Waals surface area contributed by atoms with Gasteiger partial charge in [-0.15, -0.1) is 11.3 Å². The van der Waals surface area contributed by atoms with Crippen molar-refractivity contribution in [1.29, 1.82) is 0 Å². The molecule has 6 heteroatoms. The number of carbonyl (C=O) groups is 2. The van der Waals surface area contributed by atoms with Crippen molar-refractivity contribution in [2.45, 2.75) is 0 Å². The van der Waals surface area contributed by atoms with Crippen LogP contribution in [0.4, 0.5) is 0 Å². The highest BCUT2D eigenvalue weighted by molar-refractivity contribution is 7.10. The van der Waals surface area contributed by atoms with Crippen LogP contribution in [-0.2, 0) is 0 Å². The number of hydrogen-bond donors (Lipinski definition) is 0. The van der Waals surface area contributed by atoms with Gasteiger partial charge in [0.2, 0.25) is 0 Å². The van der Waals surface area contributed by atoms with Crippen LogP contribution in [0.5, 0.6) is 17.2 Å². The molecule has 2 aromatic carbocycles. The van der Waals surface area contributed by atoms with Gasteiger partial charge in [0.1, 0.15) is 17.2 Å². The third kappa shape index (κ3) is 4.66. The van der Waals surface area contributed by atoms with Crippen LogP contribution in [0.1, 0.15) is 25.6 Å². The van der Waals surface area contributed by atoms with Crippen LogP contribution in [0.25, 0.3) is 6.08 Å². The van der Waals surface area contributed by atoms with Gasteiger partial charge >= 0.3 is 5.97 Å². The maximum atomic E-state index is 12.6. The zero-order chi connectivity index (χ0) is 19.9. The first-order chi connectivity index (χ1) is 13.6. The van der Waals surface area contributed by atoms with Crippen molar-refractivity contribution in [3.05, 3.63) is 82.1 Å². The highest BCUT2D eigenvalue weighted by Crippen LogP contribution is 2.27. The molecule has 0 amide bonds. The molecule has 0 aliphatic heterocycles. The van der Waals surface area contributed by atoms with E-state index in [9.17, 15) is 9.59 Å². The number of rotatable bonds is 7. The second-order valence-corrected chi connectivity index (χ2v) is 6.68. The van der Waals surface area contributed by atoms with Crippen LogP contribution in [0.3, 0.4) is 0 Å². The monoisotopic (exact) mass is 394 g/mol. The van der Waals surface area contributed by atoms with Gasteiger partial charge in [-0.1, -0.05) is 12.1 Å². The molecule has 0 saturated heterocycles. The molecule has 0 aliphatic rings. The first-order valence-electron chi connectivity index (χ1n) is 8.41. The normalized spacial score (nSPS) is 10.6. The average molecular weight is 394 g/mol. The summed E-state index contributed by atoms with van der Waals surface area (Å²) < 4.78 is 15.8. The maximum Gasteiger partial charge on any atom is 0.343 e. The number of hydrogen-bond acceptors (Lipinski definition) is 6. The van der Waals surface area contributed by atoms with Gasteiger partial charge in [-0.25, -0.2) is 4.79 Å². The van der Waals surface area contributed by atoms with Gasteiger partial charge in [0.15, 0.2) is 5.78 Å². The lowest BCUT2D eigenvalue weighted by Gasteiger charge is -2.11. The second kappa shape index (κ2) is 9.01. The van der Waals surface area contributed by atoms with Crippen molar-refractivity contribution >= 4 is 29.2 Å². The Balaban J connectivity index is 1.88. The zero-order valence-electron chi connectivity index (χ0n) is 15.4. The molecule has 1 heterocycles. The van der Waals surface area contributed by atoms with Crippen molar-refractivity contribution in [2.75, 3.05) is 14.2 Å². The van der Waals surface area contributed by atoms with Gasteiger partial charge in [-0.3, -0.25) is 4.79 Å². The predicted octanol–water partition coefficient (Wildman–Crippen LogP) is 4.88. The minimum Gasteiger partial charge on any atom is -0.497 e. The van der Waals surface area contributed by atoms with Crippen LogP contribution in [-0.4, -0.2) is 26.0 Å². The summed E-state index contributed by atoms with van der Waals surface area (Å²) in [5, 5.41) is 1.93. The van der Waals surface area contributed by atoms with Gasteiger partial charge < -0.3 is 14.2 Å². The lowest BCUT2D eigenvalue weighted by molar-refractivity contribution is 0.0732. The van der Waals surface area contributed by atoms with Crippen molar-refractivity contribution in [3.8, 4) is 17.2 Å². The lowest BCUT2D eigenvalue weighted by atomic mass is 10.1. The fourth-order valence-corrected chi connectivity index (χ4v) is 3.08. The molecule has 0 saturated carbocycles. The Kier molecular flexibility index (Phi) is 6.24. The molecule has 142 valence electrons. The Hall–Kier alpha value is -3.38. The molecule has 3 aromatic rings. The van der Waals surface area contributed by atoms with Crippen molar-refractivity contribution in [1.82, 2.24) is 0 Å². The van der Waals surface area contributed by atoms with E-state index in [2.05, 4.69) is 0 Å². The minimum atomic E-state index is -0.594. The fraction of sp³-hybridized carbons (Fsp3) is 0.0909. The molecular formula is C22H18O5S. The smallest absolute Gasteiger partial charge is 0.343 e.